The Morgan fingerprint density at radius 3 is 2.63 bits per heavy atom. The van der Waals surface area contributed by atoms with Gasteiger partial charge < -0.3 is 10.2 Å². The molecule has 1 aromatic rings. The Morgan fingerprint density at radius 1 is 1.52 bits per heavy atom. The maximum absolute atomic E-state index is 12.6. The largest absolute Gasteiger partial charge is 0.390 e. The summed E-state index contributed by atoms with van der Waals surface area (Å²) in [5, 5.41) is 21.5. The summed E-state index contributed by atoms with van der Waals surface area (Å²) in [5.74, 6) is 0. The maximum atomic E-state index is 12.6. The summed E-state index contributed by atoms with van der Waals surface area (Å²) in [5.41, 5.74) is -1.60. The quantitative estimate of drug-likeness (QED) is 0.668. The Morgan fingerprint density at radius 2 is 2.15 bits per heavy atom. The highest BCUT2D eigenvalue weighted by molar-refractivity contribution is 8.00. The molecule has 27 heavy (non-hydrogen) atoms. The molecule has 9 heteroatoms. The van der Waals surface area contributed by atoms with Crippen LogP contribution >= 0.6 is 23.4 Å². The van der Waals surface area contributed by atoms with E-state index < -0.39 is 27.0 Å². The molecule has 152 valence electrons. The summed E-state index contributed by atoms with van der Waals surface area (Å²) in [7, 11) is -3.81. The van der Waals surface area contributed by atoms with Crippen LogP contribution in [0.5, 0.6) is 0 Å². The van der Waals surface area contributed by atoms with Gasteiger partial charge in [-0.3, -0.25) is 0 Å². The normalized spacial score (nSPS) is 24.5. The highest BCUT2D eigenvalue weighted by Crippen LogP contribution is 2.39. The summed E-state index contributed by atoms with van der Waals surface area (Å²) in [6.45, 7) is 10.5. The Hall–Kier alpha value is -0.900. The molecule has 0 aromatic carbocycles. The van der Waals surface area contributed by atoms with Crippen LogP contribution in [-0.2, 0) is 10.0 Å². The number of aliphatic hydroxyl groups is 2. The van der Waals surface area contributed by atoms with E-state index in [0.29, 0.717) is 10.0 Å². The lowest BCUT2D eigenvalue weighted by Crippen LogP contribution is -2.49. The highest BCUT2D eigenvalue weighted by atomic mass is 35.5. The fourth-order valence-corrected chi connectivity index (χ4v) is 5.38. The van der Waals surface area contributed by atoms with Crippen LogP contribution in [0, 0.1) is 0 Å². The Balaban J connectivity index is 0.00000176. The Labute approximate surface area is 171 Å². The van der Waals surface area contributed by atoms with Crippen LogP contribution in [0.15, 0.2) is 47.0 Å². The third-order valence-electron chi connectivity index (χ3n) is 4.07. The zero-order chi connectivity index (χ0) is 20.8. The molecule has 0 saturated carbocycles. The second-order valence-electron chi connectivity index (χ2n) is 5.85. The first-order valence-electron chi connectivity index (χ1n) is 8.61. The SMILES string of the molecule is C=C(/C=C\C)S(=O)(=O)N1C[C@H](Sc2ccc(Cl)cn2)C(O)(C(C)O)C1.CC. The number of nitrogens with zero attached hydrogens (tertiary/aromatic N) is 2. The van der Waals surface area contributed by atoms with E-state index in [2.05, 4.69) is 11.6 Å². The molecule has 2 heterocycles. The first-order chi connectivity index (χ1) is 12.6. The van der Waals surface area contributed by atoms with E-state index >= 15 is 0 Å². The van der Waals surface area contributed by atoms with E-state index in [1.54, 1.807) is 25.1 Å². The first kappa shape index (κ1) is 24.1. The molecule has 2 rings (SSSR count). The standard InChI is InChI=1S/C16H21ClN2O4S2.C2H6/c1-4-5-11(2)25(22,23)19-9-14(16(21,10-19)12(3)20)24-15-7-6-13(17)8-18-15;1-2/h4-8,12,14,20-21H,2,9-10H2,1,3H3;1-2H3/b5-4-;/t12?,14-,16?;/m0./s1. The van der Waals surface area contributed by atoms with Crippen LogP contribution < -0.4 is 0 Å². The Kier molecular flexibility index (Phi) is 8.98. The zero-order valence-corrected chi connectivity index (χ0v) is 18.4. The number of aromatic nitrogens is 1. The topological polar surface area (TPSA) is 90.7 Å². The number of hydrogen-bond acceptors (Lipinski definition) is 6. The van der Waals surface area contributed by atoms with E-state index in [-0.39, 0.29) is 18.0 Å². The number of pyridine rings is 1. The lowest BCUT2D eigenvalue weighted by molar-refractivity contribution is -0.0500. The van der Waals surface area contributed by atoms with E-state index in [4.69, 9.17) is 11.6 Å². The minimum atomic E-state index is -3.81. The molecule has 1 fully saturated rings. The molecular formula is C18H27ClN2O4S2. The minimum Gasteiger partial charge on any atom is -0.390 e. The van der Waals surface area contributed by atoms with Gasteiger partial charge in [0.15, 0.2) is 0 Å². The van der Waals surface area contributed by atoms with Crippen molar-refractivity contribution in [1.29, 1.82) is 0 Å². The minimum absolute atomic E-state index is 0.0370. The summed E-state index contributed by atoms with van der Waals surface area (Å²) >= 11 is 7.02. The van der Waals surface area contributed by atoms with Gasteiger partial charge in [0, 0.05) is 19.3 Å². The van der Waals surface area contributed by atoms with Crippen LogP contribution in [0.25, 0.3) is 0 Å². The number of rotatable bonds is 6. The summed E-state index contributed by atoms with van der Waals surface area (Å²) in [6, 6.07) is 3.35. The van der Waals surface area contributed by atoms with Crippen molar-refractivity contribution in [3.8, 4) is 0 Å². The van der Waals surface area contributed by atoms with E-state index in [9.17, 15) is 18.6 Å². The van der Waals surface area contributed by atoms with Crippen molar-refractivity contribution in [1.82, 2.24) is 9.29 Å². The molecule has 1 aliphatic heterocycles. The monoisotopic (exact) mass is 434 g/mol. The van der Waals surface area contributed by atoms with Gasteiger partial charge in [0.2, 0.25) is 10.0 Å². The second kappa shape index (κ2) is 10.0. The molecule has 0 aliphatic carbocycles. The number of hydrogen-bond donors (Lipinski definition) is 2. The third-order valence-corrected chi connectivity index (χ3v) is 7.37. The molecule has 3 atom stereocenters. The predicted molar refractivity (Wildman–Crippen MR) is 111 cm³/mol. The number of β-amino-alcohol motifs (C(OH)–C–C–N with tert-alkyl or cyclic N) is 1. The van der Waals surface area contributed by atoms with Crippen molar-refractivity contribution in [3.63, 3.8) is 0 Å². The molecule has 0 amide bonds. The zero-order valence-electron chi connectivity index (χ0n) is 16.0. The fraction of sp³-hybridized carbons (Fsp3) is 0.500. The van der Waals surface area contributed by atoms with Crippen molar-refractivity contribution in [2.45, 2.75) is 49.7 Å². The molecule has 0 radical (unpaired) electrons. The van der Waals surface area contributed by atoms with Crippen molar-refractivity contribution >= 4 is 33.4 Å². The average Bonchev–Trinajstić information content (AvgIpc) is 2.98. The molecule has 2 N–H and O–H groups in total. The molecule has 1 saturated heterocycles. The Bertz CT molecular complexity index is 766. The average molecular weight is 435 g/mol. The number of aliphatic hydroxyl groups excluding tert-OH is 1. The van der Waals surface area contributed by atoms with E-state index in [1.807, 2.05) is 13.8 Å². The lowest BCUT2D eigenvalue weighted by Gasteiger charge is -2.31. The molecule has 2 unspecified atom stereocenters. The smallest absolute Gasteiger partial charge is 0.242 e. The molecule has 6 nitrogen and oxygen atoms in total. The number of sulfonamides is 1. The molecular weight excluding hydrogens is 408 g/mol. The molecule has 1 aromatic heterocycles. The van der Waals surface area contributed by atoms with E-state index in [1.165, 1.54) is 31.0 Å². The highest BCUT2D eigenvalue weighted by Gasteiger charge is 2.52. The van der Waals surface area contributed by atoms with Crippen molar-refractivity contribution in [2.75, 3.05) is 13.1 Å². The van der Waals surface area contributed by atoms with Gasteiger partial charge in [0.1, 0.15) is 5.60 Å². The van der Waals surface area contributed by atoms with Crippen LogP contribution in [0.1, 0.15) is 27.7 Å². The van der Waals surface area contributed by atoms with E-state index in [0.717, 1.165) is 4.31 Å². The molecule has 0 spiro atoms. The van der Waals surface area contributed by atoms with Crippen molar-refractivity contribution in [2.24, 2.45) is 0 Å². The van der Waals surface area contributed by atoms with Crippen molar-refractivity contribution < 1.29 is 18.6 Å². The van der Waals surface area contributed by atoms with Gasteiger partial charge in [-0.2, -0.15) is 4.31 Å². The maximum Gasteiger partial charge on any atom is 0.242 e. The van der Waals surface area contributed by atoms with Crippen LogP contribution in [0.2, 0.25) is 5.02 Å². The molecule has 0 bridgehead atoms. The summed E-state index contributed by atoms with van der Waals surface area (Å²) in [6.07, 6.45) is 3.34. The number of thioether (sulfide) groups is 1. The van der Waals surface area contributed by atoms with Gasteiger partial charge >= 0.3 is 0 Å². The van der Waals surface area contributed by atoms with Crippen LogP contribution in [0.4, 0.5) is 0 Å². The van der Waals surface area contributed by atoms with Gasteiger partial charge in [0.25, 0.3) is 0 Å². The van der Waals surface area contributed by atoms with Gasteiger partial charge in [0.05, 0.1) is 26.3 Å². The first-order valence-corrected chi connectivity index (χ1v) is 11.3. The van der Waals surface area contributed by atoms with Gasteiger partial charge in [-0.05, 0) is 32.1 Å². The number of halogens is 1. The van der Waals surface area contributed by atoms with Gasteiger partial charge in [-0.25, -0.2) is 13.4 Å². The summed E-state index contributed by atoms with van der Waals surface area (Å²) in [4.78, 5) is 4.10. The van der Waals surface area contributed by atoms with Gasteiger partial charge in [-0.1, -0.05) is 49.9 Å². The third kappa shape index (κ3) is 5.56. The van der Waals surface area contributed by atoms with Crippen LogP contribution in [-0.4, -0.2) is 58.0 Å². The van der Waals surface area contributed by atoms with Crippen LogP contribution in [0.3, 0.4) is 0 Å². The second-order valence-corrected chi connectivity index (χ2v) is 9.50. The predicted octanol–water partition coefficient (Wildman–Crippen LogP) is 3.07. The summed E-state index contributed by atoms with van der Waals surface area (Å²) < 4.78 is 26.4. The number of allylic oxidation sites excluding steroid dienone is 2. The van der Waals surface area contributed by atoms with Crippen molar-refractivity contribution in [3.05, 3.63) is 47.0 Å². The fourth-order valence-electron chi connectivity index (χ4n) is 2.53. The molecule has 1 aliphatic rings. The van der Waals surface area contributed by atoms with Gasteiger partial charge in [-0.15, -0.1) is 0 Å². The lowest BCUT2D eigenvalue weighted by atomic mass is 9.97.